The molecule has 4 heteroatoms. The molecule has 2 bridgehead atoms. The van der Waals surface area contributed by atoms with Gasteiger partial charge in [-0.05, 0) is 66.3 Å². The fraction of sp³-hybridized carbons (Fsp3) is 0.875. The molecule has 0 N–H and O–H groups in total. The Morgan fingerprint density at radius 2 is 1.75 bits per heavy atom. The summed E-state index contributed by atoms with van der Waals surface area (Å²) in [7, 11) is -0.141. The maximum atomic E-state index is 6.21. The fourth-order valence-corrected chi connectivity index (χ4v) is 3.87. The van der Waals surface area contributed by atoms with Gasteiger partial charge in [-0.1, -0.05) is 6.08 Å². The Balaban J connectivity index is 1.80. The molecule has 112 valence electrons. The van der Waals surface area contributed by atoms with Crippen LogP contribution < -0.4 is 0 Å². The molecule has 2 saturated heterocycles. The Kier molecular flexibility index (Phi) is 3.35. The van der Waals surface area contributed by atoms with Gasteiger partial charge in [0.1, 0.15) is 0 Å². The third-order valence-electron chi connectivity index (χ3n) is 5.63. The molecule has 0 aromatic heterocycles. The van der Waals surface area contributed by atoms with Crippen molar-refractivity contribution in [3.8, 4) is 0 Å². The minimum Gasteiger partial charge on any atom is -0.400 e. The average molecular weight is 277 g/mol. The summed E-state index contributed by atoms with van der Waals surface area (Å²) in [6, 6.07) is 1.89. The predicted octanol–water partition coefficient (Wildman–Crippen LogP) is 3.19. The van der Waals surface area contributed by atoms with Crippen LogP contribution in [0, 0.1) is 0 Å². The summed E-state index contributed by atoms with van der Waals surface area (Å²) in [5.74, 6) is 0. The maximum Gasteiger partial charge on any atom is 0.490 e. The Hall–Kier alpha value is -0.315. The minimum atomic E-state index is -0.229. The van der Waals surface area contributed by atoms with E-state index in [1.54, 1.807) is 0 Å². The van der Waals surface area contributed by atoms with Crippen molar-refractivity contribution in [1.29, 1.82) is 0 Å². The molecule has 0 aliphatic carbocycles. The van der Waals surface area contributed by atoms with E-state index in [1.807, 2.05) is 0 Å². The van der Waals surface area contributed by atoms with Crippen LogP contribution in [0.3, 0.4) is 0 Å². The smallest absolute Gasteiger partial charge is 0.400 e. The second-order valence-electron chi connectivity index (χ2n) is 7.87. The lowest BCUT2D eigenvalue weighted by atomic mass is 9.73. The second-order valence-corrected chi connectivity index (χ2v) is 7.87. The summed E-state index contributed by atoms with van der Waals surface area (Å²) in [6.07, 6.45) is 6.12. The Morgan fingerprint density at radius 3 is 2.25 bits per heavy atom. The van der Waals surface area contributed by atoms with Crippen molar-refractivity contribution >= 4 is 7.12 Å². The van der Waals surface area contributed by atoms with E-state index in [4.69, 9.17) is 9.31 Å². The number of rotatable bonds is 2. The van der Waals surface area contributed by atoms with Gasteiger partial charge < -0.3 is 9.31 Å². The zero-order valence-corrected chi connectivity index (χ0v) is 13.8. The zero-order chi connectivity index (χ0) is 14.7. The van der Waals surface area contributed by atoms with Crippen LogP contribution in [0.1, 0.15) is 60.8 Å². The van der Waals surface area contributed by atoms with E-state index in [1.165, 1.54) is 18.3 Å². The molecule has 2 atom stereocenters. The van der Waals surface area contributed by atoms with E-state index >= 15 is 0 Å². The van der Waals surface area contributed by atoms with E-state index in [0.717, 1.165) is 6.42 Å². The van der Waals surface area contributed by atoms with Gasteiger partial charge in [0.25, 0.3) is 0 Å². The highest BCUT2D eigenvalue weighted by Gasteiger charge is 2.53. The van der Waals surface area contributed by atoms with Crippen LogP contribution in [-0.4, -0.2) is 41.3 Å². The van der Waals surface area contributed by atoms with Crippen molar-refractivity contribution in [1.82, 2.24) is 4.90 Å². The first kappa shape index (κ1) is 14.6. The maximum absolute atomic E-state index is 6.21. The topological polar surface area (TPSA) is 21.7 Å². The first-order chi connectivity index (χ1) is 9.21. The van der Waals surface area contributed by atoms with Crippen molar-refractivity contribution in [2.24, 2.45) is 0 Å². The molecule has 0 spiro atoms. The predicted molar refractivity (Wildman–Crippen MR) is 82.6 cm³/mol. The number of hydrogen-bond acceptors (Lipinski definition) is 3. The highest BCUT2D eigenvalue weighted by molar-refractivity contribution is 6.54. The van der Waals surface area contributed by atoms with E-state index in [-0.39, 0.29) is 18.3 Å². The zero-order valence-electron chi connectivity index (χ0n) is 13.8. The molecule has 20 heavy (non-hydrogen) atoms. The molecule has 0 unspecified atom stereocenters. The first-order valence-electron chi connectivity index (χ1n) is 8.05. The van der Waals surface area contributed by atoms with Gasteiger partial charge in [-0.25, -0.2) is 0 Å². The molecule has 0 saturated carbocycles. The number of nitrogens with zero attached hydrogens (tertiary/aromatic N) is 1. The Bertz CT molecular complexity index is 414. The molecule has 0 amide bonds. The van der Waals surface area contributed by atoms with Gasteiger partial charge in [-0.15, -0.1) is 0 Å². The van der Waals surface area contributed by atoms with Gasteiger partial charge in [0.2, 0.25) is 0 Å². The molecule has 0 aromatic rings. The summed E-state index contributed by atoms with van der Waals surface area (Å²) in [6.45, 7) is 13.1. The van der Waals surface area contributed by atoms with E-state index < -0.39 is 0 Å². The summed E-state index contributed by atoms with van der Waals surface area (Å²) < 4.78 is 12.4. The molecule has 2 fully saturated rings. The number of fused-ring (bicyclic) bond motifs is 2. The summed E-state index contributed by atoms with van der Waals surface area (Å²) >= 11 is 0. The lowest BCUT2D eigenvalue weighted by Gasteiger charge is -2.37. The molecule has 3 heterocycles. The van der Waals surface area contributed by atoms with Crippen molar-refractivity contribution in [2.45, 2.75) is 90.1 Å². The average Bonchev–Trinajstić information content (AvgIpc) is 2.70. The summed E-state index contributed by atoms with van der Waals surface area (Å²) in [4.78, 5) is 2.66. The third-order valence-corrected chi connectivity index (χ3v) is 5.63. The van der Waals surface area contributed by atoms with Crippen LogP contribution in [0.25, 0.3) is 0 Å². The quantitative estimate of drug-likeness (QED) is 0.723. The van der Waals surface area contributed by atoms with Crippen molar-refractivity contribution in [2.75, 3.05) is 0 Å². The summed E-state index contributed by atoms with van der Waals surface area (Å²) in [5, 5.41) is 0. The molecular formula is C16H28BNO2. The van der Waals surface area contributed by atoms with E-state index in [9.17, 15) is 0 Å². The van der Waals surface area contributed by atoms with Gasteiger partial charge >= 0.3 is 7.12 Å². The van der Waals surface area contributed by atoms with Crippen molar-refractivity contribution < 1.29 is 9.31 Å². The van der Waals surface area contributed by atoms with Gasteiger partial charge in [-0.2, -0.15) is 0 Å². The molecule has 0 radical (unpaired) electrons. The molecule has 3 aliphatic heterocycles. The molecule has 0 aromatic carbocycles. The lowest BCUT2D eigenvalue weighted by Crippen LogP contribution is -2.45. The van der Waals surface area contributed by atoms with Gasteiger partial charge in [0.15, 0.2) is 0 Å². The minimum absolute atomic E-state index is 0.141. The van der Waals surface area contributed by atoms with Crippen LogP contribution in [0.5, 0.6) is 0 Å². The van der Waals surface area contributed by atoms with Crippen LogP contribution in [-0.2, 0) is 9.31 Å². The molecular weight excluding hydrogens is 249 g/mol. The monoisotopic (exact) mass is 277 g/mol. The van der Waals surface area contributed by atoms with Gasteiger partial charge in [0.05, 0.1) is 11.2 Å². The largest absolute Gasteiger partial charge is 0.490 e. The lowest BCUT2D eigenvalue weighted by molar-refractivity contribution is 0.00578. The fourth-order valence-electron chi connectivity index (χ4n) is 3.87. The van der Waals surface area contributed by atoms with Gasteiger partial charge in [0, 0.05) is 18.1 Å². The van der Waals surface area contributed by atoms with E-state index in [0.29, 0.717) is 18.1 Å². The van der Waals surface area contributed by atoms with Crippen LogP contribution in [0.15, 0.2) is 11.5 Å². The van der Waals surface area contributed by atoms with Crippen LogP contribution in [0.4, 0.5) is 0 Å². The van der Waals surface area contributed by atoms with Crippen LogP contribution >= 0.6 is 0 Å². The standard InChI is InChI=1S/C16H28BNO2/c1-11(2)18-13-7-8-14(18)10-12(9-13)17-19-15(3,4)16(5,6)20-17/h9,11,13-14H,7-8,10H2,1-6H3/t13-,14-/m1/s1. The SMILES string of the molecule is CC(C)N1[C@@H]2CC[C@@H]1C=C(B1OC(C)(C)C(C)(C)O1)C2. The molecule has 3 aliphatic rings. The highest BCUT2D eigenvalue weighted by Crippen LogP contribution is 2.43. The number of hydrogen-bond donors (Lipinski definition) is 0. The van der Waals surface area contributed by atoms with E-state index in [2.05, 4.69) is 52.5 Å². The molecule has 3 nitrogen and oxygen atoms in total. The van der Waals surface area contributed by atoms with Crippen LogP contribution in [0.2, 0.25) is 0 Å². The Labute approximate surface area is 123 Å². The first-order valence-corrected chi connectivity index (χ1v) is 8.05. The highest BCUT2D eigenvalue weighted by atomic mass is 16.7. The van der Waals surface area contributed by atoms with Crippen molar-refractivity contribution in [3.05, 3.63) is 11.5 Å². The summed E-state index contributed by atoms with van der Waals surface area (Å²) in [5.41, 5.74) is 0.910. The second kappa shape index (κ2) is 4.59. The van der Waals surface area contributed by atoms with Gasteiger partial charge in [-0.3, -0.25) is 4.90 Å². The molecule has 3 rings (SSSR count). The normalized spacial score (nSPS) is 35.8. The van der Waals surface area contributed by atoms with Crippen molar-refractivity contribution in [3.63, 3.8) is 0 Å². The third kappa shape index (κ3) is 2.17. The Morgan fingerprint density at radius 1 is 1.15 bits per heavy atom.